The molecule has 88 valence electrons. The third-order valence-corrected chi connectivity index (χ3v) is 2.99. The fourth-order valence-corrected chi connectivity index (χ4v) is 2.21. The topological polar surface area (TPSA) is 59.4 Å². The molecule has 0 radical (unpaired) electrons. The SMILES string of the molecule is COc1cccc(F)c1-c1nc(C(=O)O)cs1. The second-order valence-corrected chi connectivity index (χ2v) is 4.02. The molecule has 2 rings (SSSR count). The van der Waals surface area contributed by atoms with Crippen LogP contribution in [0.3, 0.4) is 0 Å². The Morgan fingerprint density at radius 2 is 2.29 bits per heavy atom. The fraction of sp³-hybridized carbons (Fsp3) is 0.0909. The Hall–Kier alpha value is -1.95. The van der Waals surface area contributed by atoms with Crippen molar-refractivity contribution in [1.82, 2.24) is 4.98 Å². The molecule has 0 bridgehead atoms. The lowest BCUT2D eigenvalue weighted by Crippen LogP contribution is -1.96. The number of halogens is 1. The van der Waals surface area contributed by atoms with Crippen molar-refractivity contribution in [3.8, 4) is 16.3 Å². The number of benzene rings is 1. The summed E-state index contributed by atoms with van der Waals surface area (Å²) < 4.78 is 18.7. The predicted octanol–water partition coefficient (Wildman–Crippen LogP) is 2.66. The van der Waals surface area contributed by atoms with Gasteiger partial charge in [0, 0.05) is 5.38 Å². The highest BCUT2D eigenvalue weighted by Gasteiger charge is 2.17. The molecular weight excluding hydrogens is 245 g/mol. The molecule has 0 spiro atoms. The van der Waals surface area contributed by atoms with E-state index in [1.54, 1.807) is 6.07 Å². The van der Waals surface area contributed by atoms with Crippen LogP contribution in [0.15, 0.2) is 23.6 Å². The van der Waals surface area contributed by atoms with Crippen molar-refractivity contribution in [3.05, 3.63) is 35.1 Å². The molecule has 0 unspecified atom stereocenters. The molecule has 1 aromatic carbocycles. The summed E-state index contributed by atoms with van der Waals surface area (Å²) in [5.74, 6) is -1.30. The number of thiazole rings is 1. The summed E-state index contributed by atoms with van der Waals surface area (Å²) in [5.41, 5.74) is 0.0859. The van der Waals surface area contributed by atoms with Gasteiger partial charge in [0.2, 0.25) is 0 Å². The molecule has 0 fully saturated rings. The van der Waals surface area contributed by atoms with Crippen molar-refractivity contribution < 1.29 is 19.0 Å². The minimum Gasteiger partial charge on any atom is -0.496 e. The fourth-order valence-electron chi connectivity index (χ4n) is 1.37. The molecule has 0 atom stereocenters. The molecule has 0 saturated carbocycles. The molecule has 0 aliphatic carbocycles. The molecule has 0 aliphatic heterocycles. The summed E-state index contributed by atoms with van der Waals surface area (Å²) in [6.45, 7) is 0. The van der Waals surface area contributed by atoms with E-state index < -0.39 is 11.8 Å². The number of carboxylic acid groups (broad SMARTS) is 1. The van der Waals surface area contributed by atoms with Crippen LogP contribution >= 0.6 is 11.3 Å². The van der Waals surface area contributed by atoms with Crippen LogP contribution in [-0.4, -0.2) is 23.2 Å². The van der Waals surface area contributed by atoms with Gasteiger partial charge in [-0.3, -0.25) is 0 Å². The number of rotatable bonds is 3. The number of carboxylic acids is 1. The van der Waals surface area contributed by atoms with Crippen LogP contribution in [0.5, 0.6) is 5.75 Å². The van der Waals surface area contributed by atoms with Crippen molar-refractivity contribution in [3.63, 3.8) is 0 Å². The van der Waals surface area contributed by atoms with Gasteiger partial charge in [-0.05, 0) is 12.1 Å². The quantitative estimate of drug-likeness (QED) is 0.913. The standard InChI is InChI=1S/C11H8FNO3S/c1-16-8-4-2-3-6(12)9(8)10-13-7(5-17-10)11(14)15/h2-5H,1H3,(H,14,15). The monoisotopic (exact) mass is 253 g/mol. The zero-order valence-electron chi connectivity index (χ0n) is 8.81. The second kappa shape index (κ2) is 4.50. The molecule has 0 aliphatic rings. The van der Waals surface area contributed by atoms with Crippen LogP contribution < -0.4 is 4.74 Å². The summed E-state index contributed by atoms with van der Waals surface area (Å²) >= 11 is 1.06. The van der Waals surface area contributed by atoms with E-state index in [1.165, 1.54) is 24.6 Å². The lowest BCUT2D eigenvalue weighted by molar-refractivity contribution is 0.0691. The van der Waals surface area contributed by atoms with Crippen molar-refractivity contribution in [2.24, 2.45) is 0 Å². The Morgan fingerprint density at radius 3 is 2.88 bits per heavy atom. The van der Waals surface area contributed by atoms with Gasteiger partial charge in [-0.25, -0.2) is 14.2 Å². The van der Waals surface area contributed by atoms with Crippen LogP contribution in [0, 0.1) is 5.82 Å². The van der Waals surface area contributed by atoms with Gasteiger partial charge in [-0.2, -0.15) is 0 Å². The third kappa shape index (κ3) is 2.12. The Morgan fingerprint density at radius 1 is 1.53 bits per heavy atom. The van der Waals surface area contributed by atoms with Crippen molar-refractivity contribution in [2.45, 2.75) is 0 Å². The number of methoxy groups -OCH3 is 1. The number of nitrogens with zero attached hydrogens (tertiary/aromatic N) is 1. The molecule has 6 heteroatoms. The van der Waals surface area contributed by atoms with E-state index in [-0.39, 0.29) is 16.3 Å². The second-order valence-electron chi connectivity index (χ2n) is 3.16. The molecule has 2 aromatic rings. The Balaban J connectivity index is 2.55. The number of ether oxygens (including phenoxy) is 1. The maximum Gasteiger partial charge on any atom is 0.355 e. The number of hydrogen-bond donors (Lipinski definition) is 1. The van der Waals surface area contributed by atoms with Gasteiger partial charge >= 0.3 is 5.97 Å². The molecule has 1 heterocycles. The van der Waals surface area contributed by atoms with Crippen LogP contribution in [0.2, 0.25) is 0 Å². The molecule has 4 nitrogen and oxygen atoms in total. The van der Waals surface area contributed by atoms with Crippen LogP contribution in [-0.2, 0) is 0 Å². The van der Waals surface area contributed by atoms with Gasteiger partial charge in [0.25, 0.3) is 0 Å². The van der Waals surface area contributed by atoms with E-state index >= 15 is 0 Å². The highest BCUT2D eigenvalue weighted by atomic mass is 32.1. The summed E-state index contributed by atoms with van der Waals surface area (Å²) in [7, 11) is 1.42. The summed E-state index contributed by atoms with van der Waals surface area (Å²) in [4.78, 5) is 14.6. The number of aromatic carboxylic acids is 1. The number of aromatic nitrogens is 1. The first-order valence-electron chi connectivity index (χ1n) is 4.65. The first-order valence-corrected chi connectivity index (χ1v) is 5.53. The molecule has 1 aromatic heterocycles. The maximum atomic E-state index is 13.7. The Kier molecular flexibility index (Phi) is 3.06. The lowest BCUT2D eigenvalue weighted by Gasteiger charge is -2.06. The Bertz CT molecular complexity index is 568. The van der Waals surface area contributed by atoms with Crippen molar-refractivity contribution in [1.29, 1.82) is 0 Å². The normalized spacial score (nSPS) is 10.2. The third-order valence-electron chi connectivity index (χ3n) is 2.13. The van der Waals surface area contributed by atoms with Gasteiger partial charge in [0.1, 0.15) is 16.6 Å². The van der Waals surface area contributed by atoms with Gasteiger partial charge in [0.05, 0.1) is 12.7 Å². The zero-order valence-corrected chi connectivity index (χ0v) is 9.62. The predicted molar refractivity (Wildman–Crippen MR) is 61.0 cm³/mol. The average Bonchev–Trinajstić information content (AvgIpc) is 2.77. The molecular formula is C11H8FNO3S. The summed E-state index contributed by atoms with van der Waals surface area (Å²) in [5, 5.41) is 10.4. The van der Waals surface area contributed by atoms with Gasteiger partial charge < -0.3 is 9.84 Å². The largest absolute Gasteiger partial charge is 0.496 e. The molecule has 1 N–H and O–H groups in total. The first kappa shape index (κ1) is 11.5. The van der Waals surface area contributed by atoms with E-state index in [0.29, 0.717) is 5.75 Å². The van der Waals surface area contributed by atoms with Crippen LogP contribution in [0.25, 0.3) is 10.6 Å². The Labute approximate surface area is 100 Å². The minimum atomic E-state index is -1.14. The molecule has 17 heavy (non-hydrogen) atoms. The highest BCUT2D eigenvalue weighted by molar-refractivity contribution is 7.13. The van der Waals surface area contributed by atoms with Gasteiger partial charge in [0.15, 0.2) is 5.69 Å². The van der Waals surface area contributed by atoms with E-state index in [1.807, 2.05) is 0 Å². The average molecular weight is 253 g/mol. The van der Waals surface area contributed by atoms with Gasteiger partial charge in [-0.15, -0.1) is 11.3 Å². The van der Waals surface area contributed by atoms with Gasteiger partial charge in [-0.1, -0.05) is 6.07 Å². The van der Waals surface area contributed by atoms with Crippen LogP contribution in [0.1, 0.15) is 10.5 Å². The number of hydrogen-bond acceptors (Lipinski definition) is 4. The zero-order chi connectivity index (χ0) is 12.4. The molecule has 0 saturated heterocycles. The van der Waals surface area contributed by atoms with E-state index in [9.17, 15) is 9.18 Å². The van der Waals surface area contributed by atoms with E-state index in [4.69, 9.17) is 9.84 Å². The smallest absolute Gasteiger partial charge is 0.355 e. The molecule has 0 amide bonds. The maximum absolute atomic E-state index is 13.7. The summed E-state index contributed by atoms with van der Waals surface area (Å²) in [6, 6.07) is 4.39. The van der Waals surface area contributed by atoms with Crippen molar-refractivity contribution >= 4 is 17.3 Å². The van der Waals surface area contributed by atoms with Crippen molar-refractivity contribution in [2.75, 3.05) is 7.11 Å². The first-order chi connectivity index (χ1) is 8.13. The lowest BCUT2D eigenvalue weighted by atomic mass is 10.2. The minimum absolute atomic E-state index is 0.102. The number of carbonyl (C=O) groups is 1. The van der Waals surface area contributed by atoms with E-state index in [0.717, 1.165) is 11.3 Å². The highest BCUT2D eigenvalue weighted by Crippen LogP contribution is 2.34. The summed E-state index contributed by atoms with van der Waals surface area (Å²) in [6.07, 6.45) is 0. The van der Waals surface area contributed by atoms with E-state index in [2.05, 4.69) is 4.98 Å². The van der Waals surface area contributed by atoms with Crippen LogP contribution in [0.4, 0.5) is 4.39 Å².